The predicted octanol–water partition coefficient (Wildman–Crippen LogP) is 3.29. The summed E-state index contributed by atoms with van der Waals surface area (Å²) in [6, 6.07) is 16.5. The molecule has 122 valence electrons. The Labute approximate surface area is 142 Å². The second-order valence-corrected chi connectivity index (χ2v) is 5.61. The number of alkyl carbamates (subject to hydrolysis) is 1. The molecule has 2 aromatic rings. The van der Waals surface area contributed by atoms with Crippen LogP contribution in [0.4, 0.5) is 4.79 Å². The van der Waals surface area contributed by atoms with Crippen LogP contribution in [0.5, 0.6) is 0 Å². The normalized spacial score (nSPS) is 13.5. The van der Waals surface area contributed by atoms with E-state index in [1.54, 1.807) is 0 Å². The minimum absolute atomic E-state index is 0. The van der Waals surface area contributed by atoms with Crippen molar-refractivity contribution in [2.45, 2.75) is 18.9 Å². The van der Waals surface area contributed by atoms with Crippen molar-refractivity contribution in [3.05, 3.63) is 59.7 Å². The number of benzene rings is 2. The zero-order valence-corrected chi connectivity index (χ0v) is 13.8. The van der Waals surface area contributed by atoms with E-state index in [-0.39, 0.29) is 24.4 Å². The topological polar surface area (TPSA) is 64.3 Å². The molecule has 0 heterocycles. The number of carbonyl (C=O) groups excluding carboxylic acids is 1. The smallest absolute Gasteiger partial charge is 0.407 e. The van der Waals surface area contributed by atoms with Crippen molar-refractivity contribution in [3.63, 3.8) is 0 Å². The Morgan fingerprint density at radius 1 is 1.13 bits per heavy atom. The highest BCUT2D eigenvalue weighted by molar-refractivity contribution is 5.85. The monoisotopic (exact) mass is 332 g/mol. The Morgan fingerprint density at radius 3 is 2.17 bits per heavy atom. The first-order valence-electron chi connectivity index (χ1n) is 7.52. The third-order valence-electron chi connectivity index (χ3n) is 4.06. The van der Waals surface area contributed by atoms with Crippen LogP contribution in [0.1, 0.15) is 24.0 Å². The van der Waals surface area contributed by atoms with E-state index in [0.717, 1.165) is 0 Å². The van der Waals surface area contributed by atoms with Gasteiger partial charge in [-0.3, -0.25) is 0 Å². The van der Waals surface area contributed by atoms with Gasteiger partial charge in [-0.1, -0.05) is 48.5 Å². The highest BCUT2D eigenvalue weighted by Crippen LogP contribution is 2.44. The van der Waals surface area contributed by atoms with E-state index in [1.807, 2.05) is 31.2 Å². The van der Waals surface area contributed by atoms with E-state index in [1.165, 1.54) is 22.3 Å². The van der Waals surface area contributed by atoms with Crippen LogP contribution in [0, 0.1) is 0 Å². The molecule has 2 aromatic carbocycles. The minimum Gasteiger partial charge on any atom is -0.449 e. The van der Waals surface area contributed by atoms with Gasteiger partial charge in [0.2, 0.25) is 0 Å². The van der Waals surface area contributed by atoms with E-state index >= 15 is 0 Å². The third kappa shape index (κ3) is 3.49. The van der Waals surface area contributed by atoms with Gasteiger partial charge in [0.05, 0.1) is 0 Å². The number of fused-ring (bicyclic) bond motifs is 3. The minimum atomic E-state index is -0.417. The number of amides is 1. The lowest BCUT2D eigenvalue weighted by atomic mass is 9.98. The van der Waals surface area contributed by atoms with Gasteiger partial charge in [0, 0.05) is 18.5 Å². The van der Waals surface area contributed by atoms with Crippen molar-refractivity contribution >= 4 is 18.5 Å². The number of ether oxygens (including phenoxy) is 1. The summed E-state index contributed by atoms with van der Waals surface area (Å²) in [6.45, 7) is 2.57. The lowest BCUT2D eigenvalue weighted by Gasteiger charge is -2.16. The molecule has 0 bridgehead atoms. The molecule has 3 rings (SSSR count). The predicted molar refractivity (Wildman–Crippen MR) is 94.0 cm³/mol. The first kappa shape index (κ1) is 17.3. The van der Waals surface area contributed by atoms with Crippen LogP contribution in [0.25, 0.3) is 11.1 Å². The zero-order chi connectivity index (χ0) is 15.5. The molecule has 0 saturated carbocycles. The maximum atomic E-state index is 11.8. The maximum absolute atomic E-state index is 11.8. The van der Waals surface area contributed by atoms with Crippen molar-refractivity contribution < 1.29 is 9.53 Å². The van der Waals surface area contributed by atoms with Gasteiger partial charge in [-0.2, -0.15) is 0 Å². The largest absolute Gasteiger partial charge is 0.449 e. The molecule has 23 heavy (non-hydrogen) atoms. The van der Waals surface area contributed by atoms with Crippen LogP contribution >= 0.6 is 12.4 Å². The Hall–Kier alpha value is -2.04. The summed E-state index contributed by atoms with van der Waals surface area (Å²) in [7, 11) is 0. The number of hydrogen-bond acceptors (Lipinski definition) is 3. The Bertz CT molecular complexity index is 645. The van der Waals surface area contributed by atoms with Crippen molar-refractivity contribution in [1.29, 1.82) is 0 Å². The molecule has 0 aliphatic heterocycles. The van der Waals surface area contributed by atoms with E-state index in [2.05, 4.69) is 29.6 Å². The number of nitrogens with two attached hydrogens (primary N) is 1. The molecule has 0 radical (unpaired) electrons. The molecule has 1 aliphatic carbocycles. The molecule has 4 nitrogen and oxygen atoms in total. The van der Waals surface area contributed by atoms with E-state index < -0.39 is 6.09 Å². The molecule has 0 fully saturated rings. The number of halogens is 1. The van der Waals surface area contributed by atoms with Crippen LogP contribution in [0.3, 0.4) is 0 Å². The lowest BCUT2D eigenvalue weighted by Crippen LogP contribution is -2.38. The molecule has 0 saturated heterocycles. The van der Waals surface area contributed by atoms with Gasteiger partial charge in [0.15, 0.2) is 0 Å². The Morgan fingerprint density at radius 2 is 1.65 bits per heavy atom. The maximum Gasteiger partial charge on any atom is 0.407 e. The fraction of sp³-hybridized carbons (Fsp3) is 0.278. The van der Waals surface area contributed by atoms with Crippen LogP contribution in [0.15, 0.2) is 48.5 Å². The number of nitrogens with one attached hydrogen (secondary N) is 1. The van der Waals surface area contributed by atoms with Gasteiger partial charge in [0.1, 0.15) is 6.61 Å². The molecular formula is C18H21ClN2O2. The second-order valence-electron chi connectivity index (χ2n) is 5.61. The van der Waals surface area contributed by atoms with Gasteiger partial charge in [-0.15, -0.1) is 12.4 Å². The van der Waals surface area contributed by atoms with Crippen LogP contribution in [-0.4, -0.2) is 25.3 Å². The first-order chi connectivity index (χ1) is 10.7. The van der Waals surface area contributed by atoms with Crippen molar-refractivity contribution in [2.75, 3.05) is 13.2 Å². The highest BCUT2D eigenvalue weighted by Gasteiger charge is 2.28. The molecule has 0 unspecified atom stereocenters. The molecule has 5 heteroatoms. The van der Waals surface area contributed by atoms with Crippen LogP contribution < -0.4 is 11.1 Å². The lowest BCUT2D eigenvalue weighted by molar-refractivity contribution is 0.140. The average molecular weight is 333 g/mol. The number of rotatable bonds is 4. The summed E-state index contributed by atoms with van der Waals surface area (Å²) >= 11 is 0. The first-order valence-corrected chi connectivity index (χ1v) is 7.52. The van der Waals surface area contributed by atoms with Gasteiger partial charge in [-0.05, 0) is 29.2 Å². The second kappa shape index (κ2) is 7.49. The molecule has 0 aromatic heterocycles. The number of carbonyl (C=O) groups is 1. The molecule has 3 N–H and O–H groups in total. The zero-order valence-electron chi connectivity index (χ0n) is 13.0. The van der Waals surface area contributed by atoms with Gasteiger partial charge >= 0.3 is 6.09 Å². The molecule has 1 atom stereocenters. The SMILES string of the molecule is C[C@H](CN)NC(=O)OCC1c2ccccc2-c2ccccc21.Cl. The Kier molecular flexibility index (Phi) is 5.64. The van der Waals surface area contributed by atoms with E-state index in [4.69, 9.17) is 10.5 Å². The molecule has 1 amide bonds. The standard InChI is InChI=1S/C18H20N2O2.ClH/c1-12(10-19)20-18(21)22-11-17-15-8-4-2-6-13(15)14-7-3-5-9-16(14)17;/h2-9,12,17H,10-11,19H2,1H3,(H,20,21);1H/t12-;/m1./s1. The van der Waals surface area contributed by atoms with Crippen molar-refractivity contribution in [3.8, 4) is 11.1 Å². The summed E-state index contributed by atoms with van der Waals surface area (Å²) in [4.78, 5) is 11.8. The van der Waals surface area contributed by atoms with E-state index in [0.29, 0.717) is 13.2 Å². The van der Waals surface area contributed by atoms with Gasteiger partial charge in [0.25, 0.3) is 0 Å². The average Bonchev–Trinajstić information content (AvgIpc) is 2.87. The van der Waals surface area contributed by atoms with Gasteiger partial charge in [-0.25, -0.2) is 4.79 Å². The summed E-state index contributed by atoms with van der Waals surface area (Å²) in [6.07, 6.45) is -0.417. The van der Waals surface area contributed by atoms with Crippen molar-refractivity contribution in [2.24, 2.45) is 5.73 Å². The molecule has 1 aliphatic rings. The summed E-state index contributed by atoms with van der Waals surface area (Å²) in [5, 5.41) is 2.72. The van der Waals surface area contributed by atoms with Crippen LogP contribution in [-0.2, 0) is 4.74 Å². The fourth-order valence-electron chi connectivity index (χ4n) is 2.90. The summed E-state index contributed by atoms with van der Waals surface area (Å²) < 4.78 is 5.41. The van der Waals surface area contributed by atoms with Crippen LogP contribution in [0.2, 0.25) is 0 Å². The van der Waals surface area contributed by atoms with Crippen molar-refractivity contribution in [1.82, 2.24) is 5.32 Å². The van der Waals surface area contributed by atoms with E-state index in [9.17, 15) is 4.79 Å². The molecular weight excluding hydrogens is 312 g/mol. The fourth-order valence-corrected chi connectivity index (χ4v) is 2.90. The third-order valence-corrected chi connectivity index (χ3v) is 4.06. The quantitative estimate of drug-likeness (QED) is 0.903. The highest BCUT2D eigenvalue weighted by atomic mass is 35.5. The number of hydrogen-bond donors (Lipinski definition) is 2. The van der Waals surface area contributed by atoms with Gasteiger partial charge < -0.3 is 15.8 Å². The Balaban J connectivity index is 0.00000192. The molecule has 0 spiro atoms. The summed E-state index contributed by atoms with van der Waals surface area (Å²) in [5.74, 6) is 0.0892. The summed E-state index contributed by atoms with van der Waals surface area (Å²) in [5.41, 5.74) is 10.4.